The lowest BCUT2D eigenvalue weighted by Gasteiger charge is -2.36. The molecule has 0 aliphatic rings. The molecule has 2 nitrogen and oxygen atoms in total. The topological polar surface area (TPSA) is 35.2 Å². The van der Waals surface area contributed by atoms with Crippen molar-refractivity contribution in [2.24, 2.45) is 5.73 Å². The molecule has 0 aliphatic heterocycles. The fourth-order valence-corrected chi connectivity index (χ4v) is 2.68. The first-order valence-electron chi connectivity index (χ1n) is 5.85. The molecule has 0 aliphatic carbocycles. The molecule has 0 atom stereocenters. The average molecular weight is 316 g/mol. The molecule has 1 aromatic carbocycles. The zero-order valence-corrected chi connectivity index (χ0v) is 13.9. The van der Waals surface area contributed by atoms with Crippen molar-refractivity contribution in [3.8, 4) is 5.75 Å². The Kier molecular flexibility index (Phi) is 4.44. The molecule has 0 aromatic heterocycles. The number of nitrogens with two attached hydrogens (primary N) is 1. The molecule has 0 amide bonds. The van der Waals surface area contributed by atoms with Crippen LogP contribution in [0.5, 0.6) is 5.75 Å². The van der Waals surface area contributed by atoms with Gasteiger partial charge in [-0.15, -0.1) is 0 Å². The molecular formula is C13H22BrNOSi. The summed E-state index contributed by atoms with van der Waals surface area (Å²) in [6.45, 7) is 11.7. The molecule has 0 saturated carbocycles. The van der Waals surface area contributed by atoms with Crippen molar-refractivity contribution in [3.05, 3.63) is 28.2 Å². The lowest BCUT2D eigenvalue weighted by atomic mass is 10.2. The van der Waals surface area contributed by atoms with E-state index in [9.17, 15) is 0 Å². The van der Waals surface area contributed by atoms with Crippen LogP contribution in [0.1, 0.15) is 26.3 Å². The molecule has 0 radical (unpaired) electrons. The summed E-state index contributed by atoms with van der Waals surface area (Å²) >= 11 is 3.54. The number of benzene rings is 1. The normalized spacial score (nSPS) is 12.6. The highest BCUT2D eigenvalue weighted by atomic mass is 79.9. The van der Waals surface area contributed by atoms with Crippen molar-refractivity contribution in [3.63, 3.8) is 0 Å². The maximum atomic E-state index is 6.28. The molecular weight excluding hydrogens is 294 g/mol. The summed E-state index contributed by atoms with van der Waals surface area (Å²) in [7, 11) is -1.78. The first-order valence-corrected chi connectivity index (χ1v) is 9.55. The second-order valence-electron chi connectivity index (χ2n) is 5.83. The fourth-order valence-electron chi connectivity index (χ4n) is 1.18. The predicted molar refractivity (Wildman–Crippen MR) is 79.9 cm³/mol. The zero-order valence-electron chi connectivity index (χ0n) is 11.3. The lowest BCUT2D eigenvalue weighted by Crippen LogP contribution is -2.44. The summed E-state index contributed by atoms with van der Waals surface area (Å²) < 4.78 is 7.28. The third kappa shape index (κ3) is 3.57. The van der Waals surface area contributed by atoms with Gasteiger partial charge in [0.2, 0.25) is 0 Å². The van der Waals surface area contributed by atoms with Gasteiger partial charge in [0.1, 0.15) is 5.75 Å². The number of rotatable bonds is 3. The Balaban J connectivity index is 3.02. The molecule has 0 heterocycles. The van der Waals surface area contributed by atoms with E-state index < -0.39 is 8.32 Å². The Morgan fingerprint density at radius 3 is 2.35 bits per heavy atom. The van der Waals surface area contributed by atoms with Gasteiger partial charge in [-0.3, -0.25) is 0 Å². The Labute approximate surface area is 114 Å². The van der Waals surface area contributed by atoms with Gasteiger partial charge in [0.15, 0.2) is 0 Å². The molecule has 0 fully saturated rings. The monoisotopic (exact) mass is 315 g/mol. The molecule has 0 unspecified atom stereocenters. The van der Waals surface area contributed by atoms with E-state index in [1.54, 1.807) is 0 Å². The molecule has 1 rings (SSSR count). The Bertz CT molecular complexity index is 399. The van der Waals surface area contributed by atoms with E-state index in [-0.39, 0.29) is 5.04 Å². The van der Waals surface area contributed by atoms with Crippen LogP contribution in [0.3, 0.4) is 0 Å². The van der Waals surface area contributed by atoms with Gasteiger partial charge in [-0.2, -0.15) is 0 Å². The van der Waals surface area contributed by atoms with Crippen LogP contribution >= 0.6 is 15.9 Å². The highest BCUT2D eigenvalue weighted by molar-refractivity contribution is 9.10. The standard InChI is InChI=1S/C13H22BrNOSi/c1-13(2,3)17(4,5)16-12-8-10(9-15)6-7-11(12)14/h6-8H,9,15H2,1-5H3. The summed E-state index contributed by atoms with van der Waals surface area (Å²) in [4.78, 5) is 0. The summed E-state index contributed by atoms with van der Waals surface area (Å²) in [5, 5.41) is 0.200. The third-order valence-corrected chi connectivity index (χ3v) is 8.40. The van der Waals surface area contributed by atoms with Crippen molar-refractivity contribution in [1.82, 2.24) is 0 Å². The van der Waals surface area contributed by atoms with Gasteiger partial charge >= 0.3 is 0 Å². The quantitative estimate of drug-likeness (QED) is 0.844. The number of hydrogen-bond donors (Lipinski definition) is 1. The minimum Gasteiger partial charge on any atom is -0.543 e. The highest BCUT2D eigenvalue weighted by Crippen LogP contribution is 2.39. The van der Waals surface area contributed by atoms with Gasteiger partial charge in [0.05, 0.1) is 4.47 Å². The molecule has 4 heteroatoms. The van der Waals surface area contributed by atoms with Gasteiger partial charge < -0.3 is 10.2 Å². The molecule has 17 heavy (non-hydrogen) atoms. The van der Waals surface area contributed by atoms with Crippen LogP contribution in [0.25, 0.3) is 0 Å². The van der Waals surface area contributed by atoms with Crippen LogP contribution in [-0.2, 0) is 6.54 Å². The first kappa shape index (κ1) is 14.7. The number of halogens is 1. The van der Waals surface area contributed by atoms with Crippen LogP contribution < -0.4 is 10.2 Å². The van der Waals surface area contributed by atoms with Crippen LogP contribution in [0.15, 0.2) is 22.7 Å². The van der Waals surface area contributed by atoms with Gasteiger partial charge in [0, 0.05) is 6.54 Å². The molecule has 96 valence electrons. The number of hydrogen-bond acceptors (Lipinski definition) is 2. The third-order valence-electron chi connectivity index (χ3n) is 3.40. The second kappa shape index (κ2) is 5.12. The van der Waals surface area contributed by atoms with Crippen molar-refractivity contribution < 1.29 is 4.43 Å². The smallest absolute Gasteiger partial charge is 0.250 e. The van der Waals surface area contributed by atoms with Gasteiger partial charge in [-0.05, 0) is 51.8 Å². The van der Waals surface area contributed by atoms with Gasteiger partial charge in [-0.25, -0.2) is 0 Å². The molecule has 2 N–H and O–H groups in total. The molecule has 0 spiro atoms. The van der Waals surface area contributed by atoms with Crippen molar-refractivity contribution >= 4 is 24.2 Å². The maximum absolute atomic E-state index is 6.28. The largest absolute Gasteiger partial charge is 0.543 e. The Morgan fingerprint density at radius 1 is 1.29 bits per heavy atom. The highest BCUT2D eigenvalue weighted by Gasteiger charge is 2.39. The van der Waals surface area contributed by atoms with E-state index in [4.69, 9.17) is 10.2 Å². The molecule has 0 saturated heterocycles. The summed E-state index contributed by atoms with van der Waals surface area (Å²) in [6, 6.07) is 6.05. The molecule has 1 aromatic rings. The van der Waals surface area contributed by atoms with E-state index in [0.717, 1.165) is 15.8 Å². The maximum Gasteiger partial charge on any atom is 0.250 e. The average Bonchev–Trinajstić information content (AvgIpc) is 2.19. The van der Waals surface area contributed by atoms with E-state index in [1.807, 2.05) is 18.2 Å². The Hall–Kier alpha value is -0.323. The lowest BCUT2D eigenvalue weighted by molar-refractivity contribution is 0.489. The van der Waals surface area contributed by atoms with Crippen LogP contribution in [0.4, 0.5) is 0 Å². The SMILES string of the molecule is CC(C)(C)[Si](C)(C)Oc1cc(CN)ccc1Br. The summed E-state index contributed by atoms with van der Waals surface area (Å²) in [5.41, 5.74) is 6.76. The summed E-state index contributed by atoms with van der Waals surface area (Å²) in [6.07, 6.45) is 0. The van der Waals surface area contributed by atoms with E-state index >= 15 is 0 Å². The fraction of sp³-hybridized carbons (Fsp3) is 0.538. The van der Waals surface area contributed by atoms with Crippen LogP contribution in [0.2, 0.25) is 18.1 Å². The van der Waals surface area contributed by atoms with Gasteiger partial charge in [-0.1, -0.05) is 26.8 Å². The van der Waals surface area contributed by atoms with Crippen LogP contribution in [0, 0.1) is 0 Å². The predicted octanol–water partition coefficient (Wildman–Crippen LogP) is 4.29. The van der Waals surface area contributed by atoms with Gasteiger partial charge in [0.25, 0.3) is 8.32 Å². The molecule has 0 bridgehead atoms. The minimum atomic E-state index is -1.78. The Morgan fingerprint density at radius 2 is 1.88 bits per heavy atom. The zero-order chi connectivity index (χ0) is 13.3. The van der Waals surface area contributed by atoms with Crippen molar-refractivity contribution in [2.45, 2.75) is 45.4 Å². The summed E-state index contributed by atoms with van der Waals surface area (Å²) in [5.74, 6) is 0.916. The van der Waals surface area contributed by atoms with E-state index in [2.05, 4.69) is 49.8 Å². The van der Waals surface area contributed by atoms with E-state index in [1.165, 1.54) is 0 Å². The van der Waals surface area contributed by atoms with Crippen molar-refractivity contribution in [2.75, 3.05) is 0 Å². The van der Waals surface area contributed by atoms with Crippen molar-refractivity contribution in [1.29, 1.82) is 0 Å². The second-order valence-corrected chi connectivity index (χ2v) is 11.4. The minimum absolute atomic E-state index is 0.200. The van der Waals surface area contributed by atoms with E-state index in [0.29, 0.717) is 6.54 Å². The van der Waals surface area contributed by atoms with Crippen LogP contribution in [-0.4, -0.2) is 8.32 Å². The first-order chi connectivity index (χ1) is 7.67.